The Balaban J connectivity index is 1.41. The molecule has 0 bridgehead atoms. The second-order valence-electron chi connectivity index (χ2n) is 7.98. The molecular formula is C21H22ClN7O2. The lowest BCUT2D eigenvalue weighted by atomic mass is 9.83. The number of piperidine rings is 1. The third kappa shape index (κ3) is 3.12. The van der Waals surface area contributed by atoms with Crippen LogP contribution in [0, 0.1) is 0 Å². The zero-order valence-corrected chi connectivity index (χ0v) is 17.4. The number of hydrogen-bond acceptors (Lipinski definition) is 8. The van der Waals surface area contributed by atoms with Crippen molar-refractivity contribution >= 4 is 29.3 Å². The van der Waals surface area contributed by atoms with Gasteiger partial charge in [0.25, 0.3) is 5.91 Å². The van der Waals surface area contributed by atoms with E-state index in [1.165, 1.54) is 0 Å². The summed E-state index contributed by atoms with van der Waals surface area (Å²) in [5.74, 6) is 0.0886. The van der Waals surface area contributed by atoms with Gasteiger partial charge in [0.2, 0.25) is 11.8 Å². The normalized spacial score (nSPS) is 23.5. The van der Waals surface area contributed by atoms with E-state index in [1.54, 1.807) is 18.3 Å². The fourth-order valence-corrected chi connectivity index (χ4v) is 4.82. The number of carbonyl (C=O) groups excluding carboxylic acids is 1. The number of fused-ring (bicyclic) bond motifs is 1. The number of allylic oxidation sites excluding steroid dienone is 4. The molecule has 1 amide bonds. The molecule has 6 N–H and O–H groups in total. The molecular weight excluding hydrogens is 418 g/mol. The van der Waals surface area contributed by atoms with Crippen LogP contribution in [-0.2, 0) is 0 Å². The molecule has 3 aliphatic rings. The minimum Gasteiger partial charge on any atom is -0.469 e. The van der Waals surface area contributed by atoms with Crippen molar-refractivity contribution in [1.82, 2.24) is 15.0 Å². The summed E-state index contributed by atoms with van der Waals surface area (Å²) in [5.41, 5.74) is 19.3. The highest BCUT2D eigenvalue weighted by Crippen LogP contribution is 2.46. The average Bonchev–Trinajstić information content (AvgIpc) is 3.29. The standard InChI is InChI=1S/C21H22ClN7O2/c22-13-5-1-3-11(13)14-15(18(25)30)27-20(28-17(14)24)29-9-6-21(7-10-29)16(23)12-4-2-8-26-19(12)31-21/h1-5,8,11,16H,6-7,9-10,23H2,(H2,25,30)(H2,24,27,28)/t11?,16-/m0/s1. The lowest BCUT2D eigenvalue weighted by Crippen LogP contribution is -2.52. The Hall–Kier alpha value is -3.17. The summed E-state index contributed by atoms with van der Waals surface area (Å²) in [6.07, 6.45) is 8.38. The van der Waals surface area contributed by atoms with E-state index >= 15 is 0 Å². The van der Waals surface area contributed by atoms with Gasteiger partial charge in [-0.05, 0) is 12.1 Å². The number of halogens is 1. The molecule has 1 aliphatic carbocycles. The first-order valence-electron chi connectivity index (χ1n) is 10.1. The lowest BCUT2D eigenvalue weighted by Gasteiger charge is -2.40. The average molecular weight is 440 g/mol. The molecule has 9 nitrogen and oxygen atoms in total. The van der Waals surface area contributed by atoms with Crippen molar-refractivity contribution in [3.63, 3.8) is 0 Å². The molecule has 2 atom stereocenters. The first kappa shape index (κ1) is 19.8. The van der Waals surface area contributed by atoms with E-state index in [0.29, 0.717) is 48.4 Å². The maximum Gasteiger partial charge on any atom is 0.267 e. The zero-order valence-electron chi connectivity index (χ0n) is 16.7. The van der Waals surface area contributed by atoms with Crippen LogP contribution < -0.4 is 26.8 Å². The SMILES string of the molecule is NC(=O)c1nc(N2CCC3(CC2)Oc2ncccc2[C@@H]3N)nc(N)c1C1C=CC=C1Cl. The molecule has 160 valence electrons. The van der Waals surface area contributed by atoms with E-state index < -0.39 is 11.5 Å². The fourth-order valence-electron chi connectivity index (χ4n) is 4.56. The second kappa shape index (κ2) is 7.21. The predicted octanol–water partition coefficient (Wildman–Crippen LogP) is 1.76. The van der Waals surface area contributed by atoms with Gasteiger partial charge >= 0.3 is 0 Å². The third-order valence-electron chi connectivity index (χ3n) is 6.26. The summed E-state index contributed by atoms with van der Waals surface area (Å²) in [5, 5.41) is 0.533. The van der Waals surface area contributed by atoms with Gasteiger partial charge in [-0.3, -0.25) is 4.79 Å². The summed E-state index contributed by atoms with van der Waals surface area (Å²) in [6.45, 7) is 1.17. The van der Waals surface area contributed by atoms with Gasteiger partial charge in [0.05, 0.1) is 6.04 Å². The number of nitrogens with zero attached hydrogens (tertiary/aromatic N) is 4. The van der Waals surface area contributed by atoms with Gasteiger partial charge in [-0.15, -0.1) is 0 Å². The molecule has 2 aromatic rings. The van der Waals surface area contributed by atoms with Crippen LogP contribution in [0.25, 0.3) is 0 Å². The van der Waals surface area contributed by atoms with Crippen LogP contribution in [0.3, 0.4) is 0 Å². The Bertz CT molecular complexity index is 1120. The highest BCUT2D eigenvalue weighted by molar-refractivity contribution is 6.31. The number of carbonyl (C=O) groups is 1. The monoisotopic (exact) mass is 439 g/mol. The van der Waals surface area contributed by atoms with Gasteiger partial charge in [0.15, 0.2) is 0 Å². The van der Waals surface area contributed by atoms with Crippen molar-refractivity contribution in [3.8, 4) is 5.88 Å². The van der Waals surface area contributed by atoms with Gasteiger partial charge < -0.3 is 26.8 Å². The molecule has 2 aliphatic heterocycles. The van der Waals surface area contributed by atoms with Crippen LogP contribution in [0.15, 0.2) is 41.6 Å². The van der Waals surface area contributed by atoms with Gasteiger partial charge in [0.1, 0.15) is 17.1 Å². The molecule has 10 heteroatoms. The summed E-state index contributed by atoms with van der Waals surface area (Å²) in [7, 11) is 0. The number of rotatable bonds is 3. The van der Waals surface area contributed by atoms with Crippen molar-refractivity contribution in [3.05, 3.63) is 58.4 Å². The van der Waals surface area contributed by atoms with E-state index in [9.17, 15) is 4.79 Å². The van der Waals surface area contributed by atoms with E-state index in [1.807, 2.05) is 23.1 Å². The molecule has 0 saturated carbocycles. The Morgan fingerprint density at radius 1 is 1.29 bits per heavy atom. The van der Waals surface area contributed by atoms with E-state index in [0.717, 1.165) is 5.56 Å². The van der Waals surface area contributed by atoms with Crippen LogP contribution in [0.1, 0.15) is 46.4 Å². The highest BCUT2D eigenvalue weighted by atomic mass is 35.5. The molecule has 1 spiro atoms. The first-order chi connectivity index (χ1) is 14.9. The van der Waals surface area contributed by atoms with E-state index in [-0.39, 0.29) is 23.5 Å². The molecule has 2 aromatic heterocycles. The molecule has 5 rings (SSSR count). The highest BCUT2D eigenvalue weighted by Gasteiger charge is 2.49. The minimum atomic E-state index is -0.675. The molecule has 0 radical (unpaired) electrons. The third-order valence-corrected chi connectivity index (χ3v) is 6.62. The fraction of sp³-hybridized carbons (Fsp3) is 0.333. The smallest absolute Gasteiger partial charge is 0.267 e. The lowest BCUT2D eigenvalue weighted by molar-refractivity contribution is 0.0396. The molecule has 1 saturated heterocycles. The number of pyridine rings is 1. The number of aromatic nitrogens is 3. The van der Waals surface area contributed by atoms with Crippen molar-refractivity contribution in [1.29, 1.82) is 0 Å². The van der Waals surface area contributed by atoms with Crippen molar-refractivity contribution < 1.29 is 9.53 Å². The van der Waals surface area contributed by atoms with Gasteiger partial charge in [-0.2, -0.15) is 4.98 Å². The largest absolute Gasteiger partial charge is 0.469 e. The number of nitrogens with two attached hydrogens (primary N) is 3. The molecule has 31 heavy (non-hydrogen) atoms. The molecule has 0 aromatic carbocycles. The summed E-state index contributed by atoms with van der Waals surface area (Å²) >= 11 is 6.27. The van der Waals surface area contributed by atoms with Crippen LogP contribution in [0.5, 0.6) is 5.88 Å². The summed E-state index contributed by atoms with van der Waals surface area (Å²) < 4.78 is 6.19. The maximum absolute atomic E-state index is 12.2. The van der Waals surface area contributed by atoms with Crippen molar-refractivity contribution in [2.75, 3.05) is 23.7 Å². The van der Waals surface area contributed by atoms with Gasteiger partial charge in [0, 0.05) is 54.2 Å². The van der Waals surface area contributed by atoms with E-state index in [2.05, 4.69) is 15.0 Å². The Morgan fingerprint density at radius 2 is 2.06 bits per heavy atom. The number of anilines is 2. The summed E-state index contributed by atoms with van der Waals surface area (Å²) in [6, 6.07) is 3.56. The van der Waals surface area contributed by atoms with Gasteiger partial charge in [-0.25, -0.2) is 9.97 Å². The number of ether oxygens (including phenoxy) is 1. The first-order valence-corrected chi connectivity index (χ1v) is 10.4. The zero-order chi connectivity index (χ0) is 21.8. The Kier molecular flexibility index (Phi) is 4.60. The van der Waals surface area contributed by atoms with Crippen molar-refractivity contribution in [2.24, 2.45) is 11.5 Å². The topological polar surface area (TPSA) is 146 Å². The number of amides is 1. The van der Waals surface area contributed by atoms with E-state index in [4.69, 9.17) is 33.5 Å². The van der Waals surface area contributed by atoms with Crippen molar-refractivity contribution in [2.45, 2.75) is 30.4 Å². The Labute approximate surface area is 183 Å². The number of hydrogen-bond donors (Lipinski definition) is 3. The molecule has 1 unspecified atom stereocenters. The van der Waals surface area contributed by atoms with Crippen LogP contribution in [0.2, 0.25) is 0 Å². The molecule has 4 heterocycles. The van der Waals surface area contributed by atoms with Crippen LogP contribution in [-0.4, -0.2) is 39.5 Å². The van der Waals surface area contributed by atoms with Crippen LogP contribution >= 0.6 is 11.6 Å². The molecule has 1 fully saturated rings. The number of primary amides is 1. The van der Waals surface area contributed by atoms with Crippen LogP contribution in [0.4, 0.5) is 11.8 Å². The number of nitrogen functional groups attached to an aromatic ring is 1. The maximum atomic E-state index is 12.2. The van der Waals surface area contributed by atoms with Gasteiger partial charge in [-0.1, -0.05) is 29.8 Å². The Morgan fingerprint density at radius 3 is 2.71 bits per heavy atom. The second-order valence-corrected chi connectivity index (χ2v) is 8.42. The summed E-state index contributed by atoms with van der Waals surface area (Å²) in [4.78, 5) is 27.4. The quantitative estimate of drug-likeness (QED) is 0.655. The minimum absolute atomic E-state index is 0.0799. The predicted molar refractivity (Wildman–Crippen MR) is 117 cm³/mol.